The molecule has 0 aliphatic rings. The average molecular weight is 267 g/mol. The van der Waals surface area contributed by atoms with Crippen molar-refractivity contribution in [2.24, 2.45) is 5.41 Å². The number of hydrogen-bond donors (Lipinski definition) is 2. The Morgan fingerprint density at radius 1 is 1.37 bits per heavy atom. The van der Waals surface area contributed by atoms with Gasteiger partial charge in [-0.1, -0.05) is 13.8 Å². The Kier molecular flexibility index (Phi) is 5.50. The van der Waals surface area contributed by atoms with Gasteiger partial charge in [0.25, 0.3) is 0 Å². The van der Waals surface area contributed by atoms with Gasteiger partial charge < -0.3 is 20.7 Å². The fourth-order valence-corrected chi connectivity index (χ4v) is 2.04. The molecule has 6 nitrogen and oxygen atoms in total. The van der Waals surface area contributed by atoms with Crippen LogP contribution in [0.25, 0.3) is 0 Å². The van der Waals surface area contributed by atoms with Crippen LogP contribution in [0.2, 0.25) is 0 Å². The molecule has 0 saturated carbocycles. The maximum atomic E-state index is 5.75. The van der Waals surface area contributed by atoms with Crippen LogP contribution in [0.5, 0.6) is 0 Å². The predicted octanol–water partition coefficient (Wildman–Crippen LogP) is 1.20. The van der Waals surface area contributed by atoms with Crippen LogP contribution in [-0.2, 0) is 11.3 Å². The summed E-state index contributed by atoms with van der Waals surface area (Å²) in [7, 11) is 5.75. The van der Waals surface area contributed by atoms with Crippen LogP contribution < -0.4 is 11.1 Å². The number of nitrogens with zero attached hydrogens (tertiary/aromatic N) is 3. The average Bonchev–Trinajstić information content (AvgIpc) is 2.24. The van der Waals surface area contributed by atoms with Crippen LogP contribution in [-0.4, -0.2) is 49.2 Å². The summed E-state index contributed by atoms with van der Waals surface area (Å²) in [5.74, 6) is 1.79. The highest BCUT2D eigenvalue weighted by Crippen LogP contribution is 2.17. The summed E-state index contributed by atoms with van der Waals surface area (Å²) >= 11 is 0. The molecule has 1 heterocycles. The van der Waals surface area contributed by atoms with E-state index in [1.807, 2.05) is 0 Å². The number of aromatic nitrogens is 2. The molecule has 1 aromatic rings. The molecule has 1 rings (SSSR count). The van der Waals surface area contributed by atoms with Gasteiger partial charge in [0.15, 0.2) is 5.82 Å². The van der Waals surface area contributed by atoms with Gasteiger partial charge in [0.05, 0.1) is 0 Å². The minimum atomic E-state index is 0.143. The van der Waals surface area contributed by atoms with E-state index in [0.29, 0.717) is 18.2 Å². The van der Waals surface area contributed by atoms with Gasteiger partial charge in [0.1, 0.15) is 18.2 Å². The van der Waals surface area contributed by atoms with Gasteiger partial charge in [-0.15, -0.1) is 0 Å². The highest BCUT2D eigenvalue weighted by Gasteiger charge is 2.19. The molecule has 1 aromatic heterocycles. The Balaban J connectivity index is 2.66. The van der Waals surface area contributed by atoms with Crippen molar-refractivity contribution >= 4 is 11.6 Å². The lowest BCUT2D eigenvalue weighted by atomic mass is 9.93. The summed E-state index contributed by atoms with van der Waals surface area (Å²) in [5, 5.41) is 3.32. The van der Waals surface area contributed by atoms with Gasteiger partial charge in [-0.25, -0.2) is 9.97 Å². The fraction of sp³-hybridized carbons (Fsp3) is 0.692. The molecule has 19 heavy (non-hydrogen) atoms. The largest absolute Gasteiger partial charge is 0.384 e. The molecule has 3 N–H and O–H groups in total. The maximum Gasteiger partial charge on any atom is 0.158 e. The van der Waals surface area contributed by atoms with Crippen molar-refractivity contribution in [2.45, 2.75) is 20.5 Å². The van der Waals surface area contributed by atoms with E-state index < -0.39 is 0 Å². The molecular weight excluding hydrogens is 242 g/mol. The van der Waals surface area contributed by atoms with Crippen LogP contribution in [0.1, 0.15) is 19.7 Å². The van der Waals surface area contributed by atoms with E-state index in [4.69, 9.17) is 10.5 Å². The quantitative estimate of drug-likeness (QED) is 0.773. The Bertz CT molecular complexity index is 406. The molecule has 0 saturated heterocycles. The van der Waals surface area contributed by atoms with Crippen LogP contribution in [0.3, 0.4) is 0 Å². The zero-order chi connectivity index (χ0) is 14.5. The summed E-state index contributed by atoms with van der Waals surface area (Å²) in [6.45, 7) is 6.58. The lowest BCUT2D eigenvalue weighted by Crippen LogP contribution is -2.34. The smallest absolute Gasteiger partial charge is 0.158 e. The molecule has 0 bridgehead atoms. The number of nitrogens with one attached hydrogen (secondary N) is 1. The van der Waals surface area contributed by atoms with Crippen molar-refractivity contribution in [3.8, 4) is 0 Å². The molecule has 0 aromatic carbocycles. The van der Waals surface area contributed by atoms with Gasteiger partial charge in [0, 0.05) is 26.3 Å². The van der Waals surface area contributed by atoms with Crippen molar-refractivity contribution in [3.63, 3.8) is 0 Å². The maximum absolute atomic E-state index is 5.75. The van der Waals surface area contributed by atoms with E-state index in [9.17, 15) is 0 Å². The first-order valence-electron chi connectivity index (χ1n) is 6.33. The summed E-state index contributed by atoms with van der Waals surface area (Å²) in [6.07, 6.45) is 0. The summed E-state index contributed by atoms with van der Waals surface area (Å²) < 4.78 is 5.02. The molecule has 0 aliphatic heterocycles. The zero-order valence-corrected chi connectivity index (χ0v) is 12.5. The molecule has 0 amide bonds. The minimum absolute atomic E-state index is 0.143. The molecule has 0 aliphatic carbocycles. The van der Waals surface area contributed by atoms with Crippen LogP contribution >= 0.6 is 0 Å². The number of rotatable bonds is 7. The summed E-state index contributed by atoms with van der Waals surface area (Å²) in [4.78, 5) is 10.6. The summed E-state index contributed by atoms with van der Waals surface area (Å²) in [5.41, 5.74) is 5.90. The molecule has 0 radical (unpaired) electrons. The highest BCUT2D eigenvalue weighted by molar-refractivity contribution is 5.44. The Morgan fingerprint density at radius 2 is 2.05 bits per heavy atom. The second-order valence-electron chi connectivity index (χ2n) is 5.78. The van der Waals surface area contributed by atoms with E-state index in [2.05, 4.69) is 48.1 Å². The Labute approximate surface area is 115 Å². The number of hydrogen-bond acceptors (Lipinski definition) is 6. The number of methoxy groups -OCH3 is 1. The standard InChI is InChI=1S/C13H25N5O/c1-13(2,9-18(3)4)8-15-11-6-10(14)16-12(17-11)7-19-5/h6H,7-9H2,1-5H3,(H3,14,15,16,17). The van der Waals surface area contributed by atoms with Crippen LogP contribution in [0.15, 0.2) is 6.07 Å². The van der Waals surface area contributed by atoms with Crippen molar-refractivity contribution in [1.29, 1.82) is 0 Å². The summed E-state index contributed by atoms with van der Waals surface area (Å²) in [6, 6.07) is 1.74. The van der Waals surface area contributed by atoms with Crippen molar-refractivity contribution in [3.05, 3.63) is 11.9 Å². The normalized spacial score (nSPS) is 11.9. The topological polar surface area (TPSA) is 76.3 Å². The van der Waals surface area contributed by atoms with E-state index in [-0.39, 0.29) is 5.41 Å². The lowest BCUT2D eigenvalue weighted by molar-refractivity contribution is 0.178. The van der Waals surface area contributed by atoms with E-state index in [1.54, 1.807) is 13.2 Å². The van der Waals surface area contributed by atoms with Crippen molar-refractivity contribution in [2.75, 3.05) is 45.3 Å². The molecule has 6 heteroatoms. The van der Waals surface area contributed by atoms with E-state index in [1.165, 1.54) is 0 Å². The van der Waals surface area contributed by atoms with E-state index in [0.717, 1.165) is 18.9 Å². The number of nitrogens with two attached hydrogens (primary N) is 1. The van der Waals surface area contributed by atoms with Crippen LogP contribution in [0.4, 0.5) is 11.6 Å². The van der Waals surface area contributed by atoms with Gasteiger partial charge in [-0.3, -0.25) is 0 Å². The fourth-order valence-electron chi connectivity index (χ4n) is 2.04. The van der Waals surface area contributed by atoms with Crippen LogP contribution in [0, 0.1) is 5.41 Å². The molecule has 0 fully saturated rings. The zero-order valence-electron chi connectivity index (χ0n) is 12.5. The lowest BCUT2D eigenvalue weighted by Gasteiger charge is -2.28. The molecule has 108 valence electrons. The highest BCUT2D eigenvalue weighted by atomic mass is 16.5. The second-order valence-corrected chi connectivity index (χ2v) is 5.78. The first kappa shape index (κ1) is 15.7. The monoisotopic (exact) mass is 267 g/mol. The Morgan fingerprint density at radius 3 is 2.63 bits per heavy atom. The SMILES string of the molecule is COCc1nc(N)cc(NCC(C)(C)CN(C)C)n1. The third kappa shape index (κ3) is 5.85. The molecule has 0 spiro atoms. The van der Waals surface area contributed by atoms with Gasteiger partial charge in [-0.2, -0.15) is 0 Å². The third-order valence-corrected chi connectivity index (χ3v) is 2.56. The first-order valence-corrected chi connectivity index (χ1v) is 6.33. The third-order valence-electron chi connectivity index (χ3n) is 2.56. The van der Waals surface area contributed by atoms with Gasteiger partial charge >= 0.3 is 0 Å². The number of ether oxygens (including phenoxy) is 1. The molecule has 0 unspecified atom stereocenters. The first-order chi connectivity index (χ1) is 8.82. The second kappa shape index (κ2) is 6.68. The van der Waals surface area contributed by atoms with Gasteiger partial charge in [-0.05, 0) is 19.5 Å². The van der Waals surface area contributed by atoms with E-state index >= 15 is 0 Å². The van der Waals surface area contributed by atoms with Gasteiger partial charge in [0.2, 0.25) is 0 Å². The minimum Gasteiger partial charge on any atom is -0.384 e. The van der Waals surface area contributed by atoms with Crippen molar-refractivity contribution in [1.82, 2.24) is 14.9 Å². The Hall–Kier alpha value is -1.40. The predicted molar refractivity (Wildman–Crippen MR) is 78.0 cm³/mol. The molecule has 0 atom stereocenters. The number of nitrogen functional groups attached to an aromatic ring is 1. The number of anilines is 2. The van der Waals surface area contributed by atoms with Crippen molar-refractivity contribution < 1.29 is 4.74 Å². The molecular formula is C13H25N5O.